The Morgan fingerprint density at radius 1 is 1.00 bits per heavy atom. The smallest absolute Gasteiger partial charge is 0.0187 e. The largest absolute Gasteiger partial charge is 0.0856 e. The molecule has 0 heterocycles. The van der Waals surface area contributed by atoms with Gasteiger partial charge in [0.25, 0.3) is 0 Å². The molecule has 0 aliphatic rings. The molecule has 0 fully saturated rings. The van der Waals surface area contributed by atoms with E-state index < -0.39 is 0 Å². The lowest BCUT2D eigenvalue weighted by Gasteiger charge is -2.11. The zero-order valence-corrected chi connectivity index (χ0v) is 13.9. The molecule has 0 bridgehead atoms. The van der Waals surface area contributed by atoms with Gasteiger partial charge in [-0.1, -0.05) is 60.1 Å². The van der Waals surface area contributed by atoms with Gasteiger partial charge in [-0.25, -0.2) is 0 Å². The number of allylic oxidation sites excluding steroid dienone is 4. The predicted molar refractivity (Wildman–Crippen MR) is 91.3 cm³/mol. The highest BCUT2D eigenvalue weighted by atomic mass is 14.1. The second-order valence-corrected chi connectivity index (χ2v) is 6.26. The van der Waals surface area contributed by atoms with Crippen molar-refractivity contribution in [3.8, 4) is 0 Å². The fourth-order valence-corrected chi connectivity index (χ4v) is 2.33. The third-order valence-corrected chi connectivity index (χ3v) is 3.83. The van der Waals surface area contributed by atoms with Gasteiger partial charge in [0.2, 0.25) is 0 Å². The Balaban J connectivity index is 2.35. The highest BCUT2D eigenvalue weighted by molar-refractivity contribution is 5.24. The maximum Gasteiger partial charge on any atom is -0.0187 e. The average Bonchev–Trinajstić information content (AvgIpc) is 2.39. The molecule has 0 saturated heterocycles. The summed E-state index contributed by atoms with van der Waals surface area (Å²) in [5.74, 6) is 0.650. The summed E-state index contributed by atoms with van der Waals surface area (Å²) in [5.41, 5.74) is 5.76. The second kappa shape index (κ2) is 8.79. The van der Waals surface area contributed by atoms with E-state index in [1.807, 2.05) is 0 Å². The van der Waals surface area contributed by atoms with Crippen LogP contribution < -0.4 is 0 Å². The van der Waals surface area contributed by atoms with Gasteiger partial charge in [-0.05, 0) is 64.9 Å². The Hall–Kier alpha value is -1.30. The number of rotatable bonds is 7. The summed E-state index contributed by atoms with van der Waals surface area (Å²) in [4.78, 5) is 0. The minimum Gasteiger partial charge on any atom is -0.0856 e. The monoisotopic (exact) mass is 270 g/mol. The molecule has 0 aliphatic carbocycles. The molecule has 0 heteroatoms. The van der Waals surface area contributed by atoms with Gasteiger partial charge in [-0.2, -0.15) is 0 Å². The molecule has 0 aromatic heterocycles. The molecule has 0 saturated carbocycles. The van der Waals surface area contributed by atoms with Gasteiger partial charge >= 0.3 is 0 Å². The Bertz CT molecular complexity index is 441. The van der Waals surface area contributed by atoms with Crippen molar-refractivity contribution in [3.63, 3.8) is 0 Å². The summed E-state index contributed by atoms with van der Waals surface area (Å²) >= 11 is 0. The number of hydrogen-bond acceptors (Lipinski definition) is 0. The van der Waals surface area contributed by atoms with Crippen molar-refractivity contribution in [1.82, 2.24) is 0 Å². The molecular weight excluding hydrogens is 240 g/mol. The van der Waals surface area contributed by atoms with Gasteiger partial charge in [-0.15, -0.1) is 0 Å². The zero-order chi connectivity index (χ0) is 15.0. The van der Waals surface area contributed by atoms with Crippen LogP contribution in [0.25, 0.3) is 0 Å². The Morgan fingerprint density at radius 3 is 2.25 bits per heavy atom. The topological polar surface area (TPSA) is 0 Å². The SMILES string of the molecule is CC(C)=CCC/C(C)=C/CC[C@H](C)c1ccc(C)cc1. The molecule has 110 valence electrons. The maximum absolute atomic E-state index is 2.42. The first-order valence-electron chi connectivity index (χ1n) is 7.84. The van der Waals surface area contributed by atoms with Crippen molar-refractivity contribution >= 4 is 0 Å². The van der Waals surface area contributed by atoms with E-state index in [9.17, 15) is 0 Å². The third kappa shape index (κ3) is 6.75. The molecule has 0 N–H and O–H groups in total. The third-order valence-electron chi connectivity index (χ3n) is 3.83. The van der Waals surface area contributed by atoms with E-state index in [1.54, 1.807) is 0 Å². The quantitative estimate of drug-likeness (QED) is 0.491. The first-order chi connectivity index (χ1) is 9.49. The van der Waals surface area contributed by atoms with Crippen LogP contribution in [0.1, 0.15) is 70.4 Å². The van der Waals surface area contributed by atoms with E-state index in [0.717, 1.165) is 0 Å². The van der Waals surface area contributed by atoms with Crippen LogP contribution in [-0.2, 0) is 0 Å². The van der Waals surface area contributed by atoms with E-state index in [0.29, 0.717) is 5.92 Å². The first kappa shape index (κ1) is 16.8. The summed E-state index contributed by atoms with van der Waals surface area (Å²) in [5, 5.41) is 0. The average molecular weight is 270 g/mol. The first-order valence-corrected chi connectivity index (χ1v) is 7.84. The van der Waals surface area contributed by atoms with Gasteiger partial charge in [0, 0.05) is 0 Å². The lowest BCUT2D eigenvalue weighted by atomic mass is 9.95. The van der Waals surface area contributed by atoms with Crippen molar-refractivity contribution in [2.24, 2.45) is 0 Å². The number of aryl methyl sites for hydroxylation is 1. The summed E-state index contributed by atoms with van der Waals surface area (Å²) in [7, 11) is 0. The number of hydrogen-bond donors (Lipinski definition) is 0. The molecule has 0 spiro atoms. The van der Waals surface area contributed by atoms with Gasteiger partial charge in [0.1, 0.15) is 0 Å². The fourth-order valence-electron chi connectivity index (χ4n) is 2.33. The highest BCUT2D eigenvalue weighted by Gasteiger charge is 2.03. The van der Waals surface area contributed by atoms with Crippen LogP contribution in [0.5, 0.6) is 0 Å². The maximum atomic E-state index is 2.42. The van der Waals surface area contributed by atoms with E-state index in [-0.39, 0.29) is 0 Å². The lowest BCUT2D eigenvalue weighted by Crippen LogP contribution is -1.93. The van der Waals surface area contributed by atoms with Crippen LogP contribution in [0.4, 0.5) is 0 Å². The molecule has 0 radical (unpaired) electrons. The van der Waals surface area contributed by atoms with Crippen molar-refractivity contribution in [3.05, 3.63) is 58.7 Å². The molecular formula is C20H30. The molecule has 1 rings (SSSR count). The zero-order valence-electron chi connectivity index (χ0n) is 13.9. The lowest BCUT2D eigenvalue weighted by molar-refractivity contribution is 0.687. The van der Waals surface area contributed by atoms with Crippen LogP contribution in [0.3, 0.4) is 0 Å². The van der Waals surface area contributed by atoms with Gasteiger partial charge in [0.05, 0.1) is 0 Å². The van der Waals surface area contributed by atoms with Crippen LogP contribution in [-0.4, -0.2) is 0 Å². The van der Waals surface area contributed by atoms with Crippen LogP contribution in [0, 0.1) is 6.92 Å². The second-order valence-electron chi connectivity index (χ2n) is 6.26. The Kier molecular flexibility index (Phi) is 7.36. The summed E-state index contributed by atoms with van der Waals surface area (Å²) in [6.45, 7) is 11.1. The minimum absolute atomic E-state index is 0.650. The van der Waals surface area contributed by atoms with Crippen molar-refractivity contribution in [2.75, 3.05) is 0 Å². The molecule has 0 aliphatic heterocycles. The van der Waals surface area contributed by atoms with Crippen LogP contribution >= 0.6 is 0 Å². The highest BCUT2D eigenvalue weighted by Crippen LogP contribution is 2.21. The van der Waals surface area contributed by atoms with E-state index in [4.69, 9.17) is 0 Å². The Labute approximate surface area is 125 Å². The van der Waals surface area contributed by atoms with E-state index in [2.05, 4.69) is 71.0 Å². The molecule has 1 aromatic carbocycles. The standard InChI is InChI=1S/C20H30/c1-16(2)8-6-9-17(3)10-7-11-19(5)20-14-12-18(4)13-15-20/h8,10,12-15,19H,6-7,9,11H2,1-5H3/b17-10+/t19-/m0/s1. The molecule has 0 amide bonds. The fraction of sp³-hybridized carbons (Fsp3) is 0.500. The molecule has 20 heavy (non-hydrogen) atoms. The predicted octanol–water partition coefficient (Wildman–Crippen LogP) is 6.57. The molecule has 0 unspecified atom stereocenters. The minimum atomic E-state index is 0.650. The molecule has 0 nitrogen and oxygen atoms in total. The van der Waals surface area contributed by atoms with Crippen LogP contribution in [0.2, 0.25) is 0 Å². The van der Waals surface area contributed by atoms with Crippen molar-refractivity contribution in [1.29, 1.82) is 0 Å². The Morgan fingerprint density at radius 2 is 1.65 bits per heavy atom. The summed E-state index contributed by atoms with van der Waals surface area (Å²) in [6, 6.07) is 8.97. The van der Waals surface area contributed by atoms with E-state index in [1.165, 1.54) is 48.0 Å². The normalized spacial score (nSPS) is 13.2. The summed E-state index contributed by atoms with van der Waals surface area (Å²) in [6.07, 6.45) is 9.55. The van der Waals surface area contributed by atoms with E-state index >= 15 is 0 Å². The number of benzene rings is 1. The van der Waals surface area contributed by atoms with Gasteiger partial charge in [-0.3, -0.25) is 0 Å². The van der Waals surface area contributed by atoms with Gasteiger partial charge in [0.15, 0.2) is 0 Å². The summed E-state index contributed by atoms with van der Waals surface area (Å²) < 4.78 is 0. The molecule has 1 atom stereocenters. The van der Waals surface area contributed by atoms with Crippen LogP contribution in [0.15, 0.2) is 47.6 Å². The molecule has 1 aromatic rings. The van der Waals surface area contributed by atoms with Crippen molar-refractivity contribution in [2.45, 2.75) is 66.2 Å². The van der Waals surface area contributed by atoms with Crippen molar-refractivity contribution < 1.29 is 0 Å². The van der Waals surface area contributed by atoms with Gasteiger partial charge < -0.3 is 0 Å².